The lowest BCUT2D eigenvalue weighted by Crippen LogP contribution is -2.41. The SMILES string of the molecule is CSC(C)C(=O)N(C)C1CCCNCC1. The van der Waals surface area contributed by atoms with Crippen molar-refractivity contribution in [3.05, 3.63) is 0 Å². The molecule has 1 rings (SSSR count). The maximum atomic E-state index is 12.0. The minimum Gasteiger partial charge on any atom is -0.342 e. The van der Waals surface area contributed by atoms with Crippen LogP contribution in [-0.2, 0) is 4.79 Å². The first-order chi connectivity index (χ1) is 7.16. The number of nitrogens with one attached hydrogen (secondary N) is 1. The van der Waals surface area contributed by atoms with Gasteiger partial charge in [0.2, 0.25) is 5.91 Å². The van der Waals surface area contributed by atoms with E-state index in [9.17, 15) is 4.79 Å². The molecular formula is C11H22N2OS. The molecule has 4 heteroatoms. The van der Waals surface area contributed by atoms with E-state index in [0.29, 0.717) is 6.04 Å². The Morgan fingerprint density at radius 1 is 1.47 bits per heavy atom. The zero-order chi connectivity index (χ0) is 11.3. The van der Waals surface area contributed by atoms with Gasteiger partial charge in [0.15, 0.2) is 0 Å². The van der Waals surface area contributed by atoms with Crippen molar-refractivity contribution in [2.45, 2.75) is 37.5 Å². The Balaban J connectivity index is 2.49. The molecule has 1 amide bonds. The largest absolute Gasteiger partial charge is 0.342 e. The maximum absolute atomic E-state index is 12.0. The molecule has 1 saturated heterocycles. The number of carbonyl (C=O) groups is 1. The van der Waals surface area contributed by atoms with E-state index >= 15 is 0 Å². The quantitative estimate of drug-likeness (QED) is 0.794. The Kier molecular flexibility index (Phi) is 5.47. The molecule has 88 valence electrons. The summed E-state index contributed by atoms with van der Waals surface area (Å²) in [6.45, 7) is 4.12. The highest BCUT2D eigenvalue weighted by Crippen LogP contribution is 2.16. The normalized spacial score (nSPS) is 24.3. The van der Waals surface area contributed by atoms with Gasteiger partial charge in [0.1, 0.15) is 0 Å². The number of carbonyl (C=O) groups excluding carboxylic acids is 1. The zero-order valence-corrected chi connectivity index (χ0v) is 10.8. The van der Waals surface area contributed by atoms with Gasteiger partial charge in [-0.1, -0.05) is 0 Å². The first-order valence-electron chi connectivity index (χ1n) is 5.67. The fraction of sp³-hybridized carbons (Fsp3) is 0.909. The first kappa shape index (κ1) is 12.8. The molecule has 1 fully saturated rings. The molecule has 0 aromatic rings. The van der Waals surface area contributed by atoms with Gasteiger partial charge in [0.05, 0.1) is 5.25 Å². The van der Waals surface area contributed by atoms with Crippen LogP contribution >= 0.6 is 11.8 Å². The van der Waals surface area contributed by atoms with Crippen LogP contribution in [0.25, 0.3) is 0 Å². The molecule has 1 N–H and O–H groups in total. The summed E-state index contributed by atoms with van der Waals surface area (Å²) in [6.07, 6.45) is 5.39. The maximum Gasteiger partial charge on any atom is 0.235 e. The number of thioether (sulfide) groups is 1. The molecule has 2 atom stereocenters. The van der Waals surface area contributed by atoms with Gasteiger partial charge in [-0.15, -0.1) is 0 Å². The molecule has 0 aromatic heterocycles. The van der Waals surface area contributed by atoms with E-state index in [1.165, 1.54) is 6.42 Å². The van der Waals surface area contributed by atoms with Crippen LogP contribution in [0.5, 0.6) is 0 Å². The van der Waals surface area contributed by atoms with E-state index in [1.54, 1.807) is 11.8 Å². The summed E-state index contributed by atoms with van der Waals surface area (Å²) < 4.78 is 0. The Morgan fingerprint density at radius 3 is 2.87 bits per heavy atom. The Bertz CT molecular complexity index is 203. The van der Waals surface area contributed by atoms with Crippen LogP contribution in [-0.4, -0.2) is 48.5 Å². The van der Waals surface area contributed by atoms with Crippen LogP contribution in [0.2, 0.25) is 0 Å². The lowest BCUT2D eigenvalue weighted by atomic mass is 10.1. The number of nitrogens with zero attached hydrogens (tertiary/aromatic N) is 1. The van der Waals surface area contributed by atoms with Crippen molar-refractivity contribution in [3.63, 3.8) is 0 Å². The van der Waals surface area contributed by atoms with Crippen molar-refractivity contribution in [2.24, 2.45) is 0 Å². The monoisotopic (exact) mass is 230 g/mol. The molecule has 0 spiro atoms. The number of hydrogen-bond donors (Lipinski definition) is 1. The topological polar surface area (TPSA) is 32.3 Å². The van der Waals surface area contributed by atoms with Crippen LogP contribution in [0, 0.1) is 0 Å². The van der Waals surface area contributed by atoms with Crippen LogP contribution in [0.3, 0.4) is 0 Å². The molecule has 1 aliphatic rings. The Morgan fingerprint density at radius 2 is 2.20 bits per heavy atom. The summed E-state index contributed by atoms with van der Waals surface area (Å²) in [6, 6.07) is 0.432. The molecule has 0 aliphatic carbocycles. The summed E-state index contributed by atoms with van der Waals surface area (Å²) in [5, 5.41) is 3.46. The molecule has 15 heavy (non-hydrogen) atoms. The fourth-order valence-electron chi connectivity index (χ4n) is 1.96. The first-order valence-corrected chi connectivity index (χ1v) is 6.95. The van der Waals surface area contributed by atoms with Crippen LogP contribution in [0.15, 0.2) is 0 Å². The summed E-state index contributed by atoms with van der Waals surface area (Å²) in [5.74, 6) is 0.273. The van der Waals surface area contributed by atoms with Crippen molar-refractivity contribution in [3.8, 4) is 0 Å². The standard InChI is InChI=1S/C11H22N2OS/c1-9(15-3)11(14)13(2)10-5-4-7-12-8-6-10/h9-10,12H,4-8H2,1-3H3. The van der Waals surface area contributed by atoms with Gasteiger partial charge in [0.25, 0.3) is 0 Å². The molecule has 0 radical (unpaired) electrons. The van der Waals surface area contributed by atoms with Gasteiger partial charge in [-0.3, -0.25) is 4.79 Å². The van der Waals surface area contributed by atoms with Crippen molar-refractivity contribution >= 4 is 17.7 Å². The van der Waals surface area contributed by atoms with Gasteiger partial charge >= 0.3 is 0 Å². The number of amides is 1. The Labute approximate surface area is 97.0 Å². The highest BCUT2D eigenvalue weighted by atomic mass is 32.2. The van der Waals surface area contributed by atoms with Crippen molar-refractivity contribution in [1.29, 1.82) is 0 Å². The van der Waals surface area contributed by atoms with Crippen LogP contribution < -0.4 is 5.32 Å². The molecule has 2 unspecified atom stereocenters. The molecule has 1 heterocycles. The second-order valence-corrected chi connectivity index (χ2v) is 5.34. The molecule has 3 nitrogen and oxygen atoms in total. The minimum absolute atomic E-state index is 0.0891. The van der Waals surface area contributed by atoms with Gasteiger partial charge < -0.3 is 10.2 Å². The smallest absolute Gasteiger partial charge is 0.235 e. The van der Waals surface area contributed by atoms with E-state index in [1.807, 2.05) is 25.1 Å². The average Bonchev–Trinajstić information content (AvgIpc) is 2.54. The van der Waals surface area contributed by atoms with Crippen molar-refractivity contribution in [1.82, 2.24) is 10.2 Å². The zero-order valence-electron chi connectivity index (χ0n) is 9.95. The predicted molar refractivity (Wildman–Crippen MR) is 66.3 cm³/mol. The van der Waals surface area contributed by atoms with E-state index in [4.69, 9.17) is 0 Å². The molecule has 0 aromatic carbocycles. The fourth-order valence-corrected chi connectivity index (χ4v) is 2.32. The molecule has 1 aliphatic heterocycles. The third kappa shape index (κ3) is 3.68. The van der Waals surface area contributed by atoms with Crippen molar-refractivity contribution in [2.75, 3.05) is 26.4 Å². The summed E-state index contributed by atoms with van der Waals surface area (Å²) in [4.78, 5) is 13.9. The molecular weight excluding hydrogens is 208 g/mol. The molecule has 0 bridgehead atoms. The second kappa shape index (κ2) is 6.38. The highest BCUT2D eigenvalue weighted by Gasteiger charge is 2.24. The Hall–Kier alpha value is -0.220. The van der Waals surface area contributed by atoms with Crippen molar-refractivity contribution < 1.29 is 4.79 Å². The number of rotatable bonds is 3. The average molecular weight is 230 g/mol. The third-order valence-electron chi connectivity index (χ3n) is 3.14. The second-order valence-electron chi connectivity index (χ2n) is 4.16. The summed E-state index contributed by atoms with van der Waals surface area (Å²) in [5.41, 5.74) is 0. The minimum atomic E-state index is 0.0891. The van der Waals surface area contributed by atoms with Gasteiger partial charge in [-0.25, -0.2) is 0 Å². The lowest BCUT2D eigenvalue weighted by Gasteiger charge is -2.29. The highest BCUT2D eigenvalue weighted by molar-refractivity contribution is 7.99. The predicted octanol–water partition coefficient (Wildman–Crippen LogP) is 1.34. The summed E-state index contributed by atoms with van der Waals surface area (Å²) in [7, 11) is 1.95. The van der Waals surface area contributed by atoms with E-state index in [-0.39, 0.29) is 11.2 Å². The van der Waals surface area contributed by atoms with E-state index in [2.05, 4.69) is 5.32 Å². The van der Waals surface area contributed by atoms with E-state index < -0.39 is 0 Å². The third-order valence-corrected chi connectivity index (χ3v) is 4.05. The van der Waals surface area contributed by atoms with Gasteiger partial charge in [-0.05, 0) is 45.5 Å². The van der Waals surface area contributed by atoms with Crippen LogP contribution in [0.1, 0.15) is 26.2 Å². The number of hydrogen-bond acceptors (Lipinski definition) is 3. The summed E-state index contributed by atoms with van der Waals surface area (Å²) >= 11 is 1.62. The van der Waals surface area contributed by atoms with Crippen LogP contribution in [0.4, 0.5) is 0 Å². The van der Waals surface area contributed by atoms with Gasteiger partial charge in [-0.2, -0.15) is 11.8 Å². The van der Waals surface area contributed by atoms with Gasteiger partial charge in [0, 0.05) is 13.1 Å². The van der Waals surface area contributed by atoms with E-state index in [0.717, 1.165) is 25.9 Å². The lowest BCUT2D eigenvalue weighted by molar-refractivity contribution is -0.131. The molecule has 0 saturated carbocycles.